The molecule has 36 heavy (non-hydrogen) atoms. The van der Waals surface area contributed by atoms with Crippen molar-refractivity contribution >= 4 is 40.5 Å². The zero-order valence-electron chi connectivity index (χ0n) is 19.5. The highest BCUT2D eigenvalue weighted by Crippen LogP contribution is 2.25. The molecule has 2 N–H and O–H groups in total. The van der Waals surface area contributed by atoms with E-state index in [1.807, 2.05) is 55.5 Å². The van der Waals surface area contributed by atoms with Crippen LogP contribution in [0.1, 0.15) is 16.7 Å². The van der Waals surface area contributed by atoms with E-state index < -0.39 is 17.8 Å². The lowest BCUT2D eigenvalue weighted by atomic mass is 10.1. The molecule has 2 heterocycles. The van der Waals surface area contributed by atoms with Gasteiger partial charge in [0.2, 0.25) is 5.91 Å². The number of rotatable bonds is 6. The molecule has 1 aliphatic heterocycles. The number of urea groups is 1. The maximum atomic E-state index is 14.1. The van der Waals surface area contributed by atoms with Crippen LogP contribution in [0.3, 0.4) is 0 Å². The second-order valence-corrected chi connectivity index (χ2v) is 8.61. The Morgan fingerprint density at radius 2 is 1.72 bits per heavy atom. The molecule has 0 spiro atoms. The van der Waals surface area contributed by atoms with E-state index in [1.165, 1.54) is 12.1 Å². The molecule has 0 radical (unpaired) electrons. The van der Waals surface area contributed by atoms with Gasteiger partial charge >= 0.3 is 6.03 Å². The Morgan fingerprint density at radius 1 is 1.00 bits per heavy atom. The third kappa shape index (κ3) is 4.61. The van der Waals surface area contributed by atoms with Crippen molar-refractivity contribution in [2.75, 3.05) is 5.32 Å². The smallest absolute Gasteiger partial charge is 0.329 e. The molecular weight excluding hydrogens is 459 g/mol. The summed E-state index contributed by atoms with van der Waals surface area (Å²) in [5, 5.41) is 6.29. The lowest BCUT2D eigenvalue weighted by Gasteiger charge is -2.12. The molecule has 7 nitrogen and oxygen atoms in total. The van der Waals surface area contributed by atoms with Crippen molar-refractivity contribution in [3.05, 3.63) is 107 Å². The van der Waals surface area contributed by atoms with Crippen LogP contribution in [0.15, 0.2) is 84.7 Å². The topological polar surface area (TPSA) is 83.4 Å². The van der Waals surface area contributed by atoms with Crippen LogP contribution >= 0.6 is 0 Å². The van der Waals surface area contributed by atoms with Gasteiger partial charge in [-0.25, -0.2) is 9.18 Å². The van der Waals surface area contributed by atoms with E-state index in [0.717, 1.165) is 21.4 Å². The Kier molecular flexibility index (Phi) is 6.08. The number of imide groups is 1. The van der Waals surface area contributed by atoms with Crippen LogP contribution in [0.5, 0.6) is 0 Å². The van der Waals surface area contributed by atoms with Crippen molar-refractivity contribution in [3.8, 4) is 0 Å². The van der Waals surface area contributed by atoms with Crippen molar-refractivity contribution < 1.29 is 18.8 Å². The normalized spacial score (nSPS) is 14.5. The third-order valence-corrected chi connectivity index (χ3v) is 6.02. The highest BCUT2D eigenvalue weighted by atomic mass is 19.1. The maximum Gasteiger partial charge on any atom is 0.329 e. The van der Waals surface area contributed by atoms with Gasteiger partial charge in [0, 0.05) is 33.9 Å². The number of para-hydroxylation sites is 1. The predicted molar refractivity (Wildman–Crippen MR) is 135 cm³/mol. The lowest BCUT2D eigenvalue weighted by molar-refractivity contribution is -0.123. The second kappa shape index (κ2) is 9.50. The van der Waals surface area contributed by atoms with Crippen LogP contribution in [-0.2, 0) is 22.7 Å². The van der Waals surface area contributed by atoms with E-state index in [2.05, 4.69) is 10.6 Å². The van der Waals surface area contributed by atoms with Gasteiger partial charge in [0.05, 0.1) is 6.54 Å². The SMILES string of the molecule is Cc1ccc(NC(=O)Cn2cc(/C=C3/NC(=O)N(Cc4ccccc4F)C3=O)c3ccccc32)cc1. The molecule has 3 aromatic carbocycles. The number of nitrogens with zero attached hydrogens (tertiary/aromatic N) is 2. The number of halogens is 1. The average molecular weight is 483 g/mol. The van der Waals surface area contributed by atoms with Crippen LogP contribution in [0.25, 0.3) is 17.0 Å². The highest BCUT2D eigenvalue weighted by Gasteiger charge is 2.34. The molecule has 0 aliphatic carbocycles. The standard InChI is InChI=1S/C28H23FN4O3/c1-18-10-12-21(13-11-18)30-26(34)17-32-15-20(22-7-3-5-9-25(22)32)14-24-27(35)33(28(36)31-24)16-19-6-2-4-8-23(19)29/h2-15H,16-17H2,1H3,(H,30,34)(H,31,36)/b24-14+. The van der Waals surface area contributed by atoms with Gasteiger partial charge in [0.25, 0.3) is 5.91 Å². The van der Waals surface area contributed by atoms with Crippen LogP contribution < -0.4 is 10.6 Å². The molecule has 1 aliphatic rings. The molecule has 1 aromatic heterocycles. The first kappa shape index (κ1) is 23.0. The van der Waals surface area contributed by atoms with Crippen LogP contribution in [-0.4, -0.2) is 27.3 Å². The number of fused-ring (bicyclic) bond motifs is 1. The lowest BCUT2D eigenvalue weighted by Crippen LogP contribution is -2.30. The fourth-order valence-corrected chi connectivity index (χ4v) is 4.18. The second-order valence-electron chi connectivity index (χ2n) is 8.61. The minimum Gasteiger partial charge on any atom is -0.337 e. The van der Waals surface area contributed by atoms with Gasteiger partial charge in [-0.05, 0) is 37.3 Å². The van der Waals surface area contributed by atoms with E-state index in [-0.39, 0.29) is 30.3 Å². The number of carbonyl (C=O) groups excluding carboxylic acids is 3. The van der Waals surface area contributed by atoms with Gasteiger partial charge in [-0.3, -0.25) is 14.5 Å². The summed E-state index contributed by atoms with van der Waals surface area (Å²) in [5.41, 5.74) is 3.62. The van der Waals surface area contributed by atoms with Gasteiger partial charge in [-0.15, -0.1) is 0 Å². The Bertz CT molecular complexity index is 1520. The van der Waals surface area contributed by atoms with Crippen LogP contribution in [0.4, 0.5) is 14.9 Å². The maximum absolute atomic E-state index is 14.1. The highest BCUT2D eigenvalue weighted by molar-refractivity contribution is 6.14. The van der Waals surface area contributed by atoms with E-state index in [4.69, 9.17) is 0 Å². The van der Waals surface area contributed by atoms with Crippen molar-refractivity contribution in [1.29, 1.82) is 0 Å². The van der Waals surface area contributed by atoms with Crippen molar-refractivity contribution in [2.45, 2.75) is 20.0 Å². The van der Waals surface area contributed by atoms with Gasteiger partial charge in [-0.2, -0.15) is 0 Å². The van der Waals surface area contributed by atoms with Crippen LogP contribution in [0.2, 0.25) is 0 Å². The summed E-state index contributed by atoms with van der Waals surface area (Å²) in [6.07, 6.45) is 3.35. The molecule has 8 heteroatoms. The van der Waals surface area contributed by atoms with Crippen molar-refractivity contribution in [2.24, 2.45) is 0 Å². The first-order valence-electron chi connectivity index (χ1n) is 11.4. The minimum absolute atomic E-state index is 0.0667. The Balaban J connectivity index is 1.39. The molecule has 0 saturated carbocycles. The monoisotopic (exact) mass is 482 g/mol. The number of amides is 4. The molecule has 1 saturated heterocycles. The van der Waals surface area contributed by atoms with Gasteiger partial charge < -0.3 is 15.2 Å². The first-order chi connectivity index (χ1) is 17.4. The fourth-order valence-electron chi connectivity index (χ4n) is 4.18. The van der Waals surface area contributed by atoms with E-state index in [9.17, 15) is 18.8 Å². The first-order valence-corrected chi connectivity index (χ1v) is 11.4. The molecule has 1 fully saturated rings. The number of hydrogen-bond acceptors (Lipinski definition) is 3. The average Bonchev–Trinajstić information content (AvgIpc) is 3.33. The molecule has 0 atom stereocenters. The number of aryl methyl sites for hydroxylation is 1. The number of carbonyl (C=O) groups is 3. The van der Waals surface area contributed by atoms with Crippen molar-refractivity contribution in [1.82, 2.24) is 14.8 Å². The van der Waals surface area contributed by atoms with Crippen LogP contribution in [0, 0.1) is 12.7 Å². The summed E-state index contributed by atoms with van der Waals surface area (Å²) < 4.78 is 15.9. The van der Waals surface area contributed by atoms with Gasteiger partial charge in [-0.1, -0.05) is 54.1 Å². The minimum atomic E-state index is -0.615. The van der Waals surface area contributed by atoms with Gasteiger partial charge in [0.1, 0.15) is 18.1 Å². The molecule has 4 amide bonds. The summed E-state index contributed by atoms with van der Waals surface area (Å²) in [4.78, 5) is 39.1. The van der Waals surface area contributed by atoms with E-state index >= 15 is 0 Å². The van der Waals surface area contributed by atoms with Crippen molar-refractivity contribution in [3.63, 3.8) is 0 Å². The molecule has 0 bridgehead atoms. The van der Waals surface area contributed by atoms with E-state index in [1.54, 1.807) is 29.0 Å². The summed E-state index contributed by atoms with van der Waals surface area (Å²) in [7, 11) is 0. The van der Waals surface area contributed by atoms with E-state index in [0.29, 0.717) is 11.3 Å². The molecule has 180 valence electrons. The third-order valence-electron chi connectivity index (χ3n) is 6.02. The Labute approximate surface area is 206 Å². The molecule has 5 rings (SSSR count). The van der Waals surface area contributed by atoms with Gasteiger partial charge in [0.15, 0.2) is 0 Å². The Morgan fingerprint density at radius 3 is 2.50 bits per heavy atom. The summed E-state index contributed by atoms with van der Waals surface area (Å²) in [5.74, 6) is -1.22. The molecular formula is C28H23FN4O3. The predicted octanol–water partition coefficient (Wildman–Crippen LogP) is 4.82. The summed E-state index contributed by atoms with van der Waals surface area (Å²) >= 11 is 0. The number of anilines is 1. The zero-order valence-corrected chi connectivity index (χ0v) is 19.5. The largest absolute Gasteiger partial charge is 0.337 e. The Hall–Kier alpha value is -4.72. The summed E-state index contributed by atoms with van der Waals surface area (Å²) in [6.45, 7) is 1.87. The fraction of sp³-hybridized carbons (Fsp3) is 0.107. The molecule has 0 unspecified atom stereocenters. The zero-order chi connectivity index (χ0) is 25.2. The number of aromatic nitrogens is 1. The molecule has 4 aromatic rings. The number of hydrogen-bond donors (Lipinski definition) is 2. The number of benzene rings is 3. The summed E-state index contributed by atoms with van der Waals surface area (Å²) in [6, 6.07) is 20.4. The number of nitrogens with one attached hydrogen (secondary N) is 2. The quantitative estimate of drug-likeness (QED) is 0.305.